The first kappa shape index (κ1) is 15.6. The number of nitrogens with zero attached hydrogens (tertiary/aromatic N) is 1. The molecule has 2 rings (SSSR count). The van der Waals surface area contributed by atoms with Gasteiger partial charge in [-0.2, -0.15) is 0 Å². The molecule has 2 N–H and O–H groups in total. The molecule has 0 heterocycles. The zero-order valence-electron chi connectivity index (χ0n) is 10.6. The highest BCUT2D eigenvalue weighted by atomic mass is 79.9. The van der Waals surface area contributed by atoms with Crippen LogP contribution in [0.2, 0.25) is 0 Å². The monoisotopic (exact) mass is 372 g/mol. The molecule has 2 aromatic carbocycles. The fourth-order valence-corrected chi connectivity index (χ4v) is 3.38. The van der Waals surface area contributed by atoms with E-state index in [2.05, 4.69) is 15.9 Å². The molecule has 0 bridgehead atoms. The summed E-state index contributed by atoms with van der Waals surface area (Å²) >= 11 is 3.23. The number of hydrogen-bond donors (Lipinski definition) is 1. The lowest BCUT2D eigenvalue weighted by molar-refractivity contribution is -0.385. The van der Waals surface area contributed by atoms with Gasteiger partial charge in [0, 0.05) is 21.8 Å². The van der Waals surface area contributed by atoms with Gasteiger partial charge in [-0.15, -0.1) is 0 Å². The summed E-state index contributed by atoms with van der Waals surface area (Å²) in [6, 6.07) is 7.91. The molecule has 0 saturated carbocycles. The fourth-order valence-electron chi connectivity index (χ4n) is 1.79. The Morgan fingerprint density at radius 2 is 2.00 bits per heavy atom. The van der Waals surface area contributed by atoms with Gasteiger partial charge in [0.25, 0.3) is 5.69 Å². The van der Waals surface area contributed by atoms with Crippen molar-refractivity contribution >= 4 is 38.1 Å². The van der Waals surface area contributed by atoms with E-state index < -0.39 is 21.5 Å². The Bertz CT molecular complexity index is 739. The van der Waals surface area contributed by atoms with Gasteiger partial charge in [0.2, 0.25) is 0 Å². The van der Waals surface area contributed by atoms with Crippen molar-refractivity contribution in [1.82, 2.24) is 0 Å². The zero-order chi connectivity index (χ0) is 15.6. The van der Waals surface area contributed by atoms with Crippen molar-refractivity contribution < 1.29 is 13.5 Å². The van der Waals surface area contributed by atoms with Crippen molar-refractivity contribution in [1.29, 1.82) is 0 Å². The minimum Gasteiger partial charge on any atom is -0.398 e. The number of nitrogen functional groups attached to an aromatic ring is 1. The molecule has 0 aromatic heterocycles. The molecule has 0 aliphatic rings. The van der Waals surface area contributed by atoms with Crippen LogP contribution in [0.4, 0.5) is 15.8 Å². The molecular weight excluding hydrogens is 363 g/mol. The van der Waals surface area contributed by atoms with E-state index >= 15 is 0 Å². The van der Waals surface area contributed by atoms with Crippen LogP contribution in [0.3, 0.4) is 0 Å². The molecule has 2 aromatic rings. The SMILES string of the molecule is Nc1cc(Br)ccc1S(=O)Cc1cc(F)ccc1[N+](=O)[O-]. The molecule has 0 saturated heterocycles. The molecule has 1 atom stereocenters. The normalized spacial score (nSPS) is 12.1. The Labute approximate surface area is 130 Å². The predicted octanol–water partition coefficient (Wildman–Crippen LogP) is 3.39. The van der Waals surface area contributed by atoms with Gasteiger partial charge < -0.3 is 5.73 Å². The van der Waals surface area contributed by atoms with Gasteiger partial charge in [-0.3, -0.25) is 14.3 Å². The van der Waals surface area contributed by atoms with Crippen LogP contribution in [-0.2, 0) is 16.6 Å². The van der Waals surface area contributed by atoms with Crippen LogP contribution in [0.5, 0.6) is 0 Å². The Morgan fingerprint density at radius 1 is 1.29 bits per heavy atom. The van der Waals surface area contributed by atoms with E-state index in [4.69, 9.17) is 5.73 Å². The third-order valence-electron chi connectivity index (χ3n) is 2.74. The maximum Gasteiger partial charge on any atom is 0.273 e. The molecule has 5 nitrogen and oxygen atoms in total. The largest absolute Gasteiger partial charge is 0.398 e. The van der Waals surface area contributed by atoms with E-state index in [-0.39, 0.29) is 17.0 Å². The molecule has 21 heavy (non-hydrogen) atoms. The standard InChI is InChI=1S/C13H10BrFN2O3S/c14-9-1-4-13(11(16)6-9)21(20)7-8-5-10(15)2-3-12(8)17(18)19/h1-6H,7,16H2. The summed E-state index contributed by atoms with van der Waals surface area (Å²) in [5.74, 6) is -0.795. The van der Waals surface area contributed by atoms with Crippen LogP contribution in [-0.4, -0.2) is 9.13 Å². The Hall–Kier alpha value is -1.80. The first-order valence-corrected chi connectivity index (χ1v) is 7.86. The Kier molecular flexibility index (Phi) is 4.69. The van der Waals surface area contributed by atoms with Crippen molar-refractivity contribution in [3.8, 4) is 0 Å². The number of anilines is 1. The van der Waals surface area contributed by atoms with Gasteiger partial charge in [0.15, 0.2) is 0 Å². The third-order valence-corrected chi connectivity index (χ3v) is 4.67. The summed E-state index contributed by atoms with van der Waals surface area (Å²) in [6.07, 6.45) is 0. The lowest BCUT2D eigenvalue weighted by Crippen LogP contribution is -2.04. The summed E-state index contributed by atoms with van der Waals surface area (Å²) in [7, 11) is -1.61. The molecule has 0 aliphatic heterocycles. The fraction of sp³-hybridized carbons (Fsp3) is 0.0769. The topological polar surface area (TPSA) is 86.2 Å². The summed E-state index contributed by atoms with van der Waals surface area (Å²) in [6.45, 7) is 0. The molecular formula is C13H10BrFN2O3S. The number of halogens is 2. The van der Waals surface area contributed by atoms with Gasteiger partial charge in [0.05, 0.1) is 26.4 Å². The molecule has 1 unspecified atom stereocenters. The van der Waals surface area contributed by atoms with Crippen molar-refractivity contribution in [3.63, 3.8) is 0 Å². The predicted molar refractivity (Wildman–Crippen MR) is 81.7 cm³/mol. The lowest BCUT2D eigenvalue weighted by Gasteiger charge is -2.07. The number of nitro benzene ring substituents is 1. The number of nitrogens with two attached hydrogens (primary N) is 1. The Morgan fingerprint density at radius 3 is 2.62 bits per heavy atom. The van der Waals surface area contributed by atoms with E-state index in [9.17, 15) is 18.7 Å². The van der Waals surface area contributed by atoms with E-state index in [0.29, 0.717) is 10.6 Å². The average Bonchev–Trinajstić information content (AvgIpc) is 2.37. The molecule has 0 amide bonds. The maximum absolute atomic E-state index is 13.2. The lowest BCUT2D eigenvalue weighted by atomic mass is 10.2. The molecule has 0 fully saturated rings. The average molecular weight is 373 g/mol. The summed E-state index contributed by atoms with van der Waals surface area (Å²) in [5, 5.41) is 10.9. The first-order valence-electron chi connectivity index (χ1n) is 5.74. The highest BCUT2D eigenvalue weighted by Crippen LogP contribution is 2.26. The summed E-state index contributed by atoms with van der Waals surface area (Å²) in [4.78, 5) is 10.6. The quantitative estimate of drug-likeness (QED) is 0.506. The molecule has 8 heteroatoms. The smallest absolute Gasteiger partial charge is 0.273 e. The zero-order valence-corrected chi connectivity index (χ0v) is 13.0. The van der Waals surface area contributed by atoms with Crippen LogP contribution in [0.15, 0.2) is 45.8 Å². The first-order chi connectivity index (χ1) is 9.88. The Balaban J connectivity index is 2.35. The molecule has 0 aliphatic carbocycles. The number of benzene rings is 2. The third kappa shape index (κ3) is 3.64. The van der Waals surface area contributed by atoms with Gasteiger partial charge in [-0.1, -0.05) is 15.9 Å². The number of rotatable bonds is 4. The number of hydrogen-bond acceptors (Lipinski definition) is 4. The van der Waals surface area contributed by atoms with Crippen LogP contribution >= 0.6 is 15.9 Å². The van der Waals surface area contributed by atoms with Crippen molar-refractivity contribution in [2.45, 2.75) is 10.6 Å². The van der Waals surface area contributed by atoms with Crippen LogP contribution in [0.25, 0.3) is 0 Å². The second-order valence-corrected chi connectivity index (χ2v) is 6.54. The van der Waals surface area contributed by atoms with Crippen LogP contribution in [0.1, 0.15) is 5.56 Å². The van der Waals surface area contributed by atoms with Gasteiger partial charge in [-0.25, -0.2) is 4.39 Å². The van der Waals surface area contributed by atoms with Crippen molar-refractivity contribution in [3.05, 3.63) is 62.4 Å². The van der Waals surface area contributed by atoms with E-state index in [1.54, 1.807) is 18.2 Å². The minimum atomic E-state index is -1.61. The van der Waals surface area contributed by atoms with Crippen molar-refractivity contribution in [2.24, 2.45) is 0 Å². The van der Waals surface area contributed by atoms with E-state index in [0.717, 1.165) is 22.7 Å². The van der Waals surface area contributed by atoms with Crippen molar-refractivity contribution in [2.75, 3.05) is 5.73 Å². The number of nitro groups is 1. The minimum absolute atomic E-state index is 0.0700. The van der Waals surface area contributed by atoms with E-state index in [1.807, 2.05) is 0 Å². The van der Waals surface area contributed by atoms with Gasteiger partial charge in [0.1, 0.15) is 5.82 Å². The maximum atomic E-state index is 13.2. The van der Waals surface area contributed by atoms with Gasteiger partial charge in [-0.05, 0) is 30.3 Å². The second-order valence-electron chi connectivity index (χ2n) is 4.20. The van der Waals surface area contributed by atoms with Crippen LogP contribution < -0.4 is 5.73 Å². The second kappa shape index (κ2) is 6.31. The summed E-state index contributed by atoms with van der Waals surface area (Å²) in [5.41, 5.74) is 5.89. The molecule has 0 spiro atoms. The molecule has 0 radical (unpaired) electrons. The molecule has 110 valence electrons. The van der Waals surface area contributed by atoms with Crippen LogP contribution in [0, 0.1) is 15.9 Å². The highest BCUT2D eigenvalue weighted by molar-refractivity contribution is 9.10. The highest BCUT2D eigenvalue weighted by Gasteiger charge is 2.18. The van der Waals surface area contributed by atoms with E-state index in [1.165, 1.54) is 0 Å². The van der Waals surface area contributed by atoms with Gasteiger partial charge >= 0.3 is 0 Å². The summed E-state index contributed by atoms with van der Waals surface area (Å²) < 4.78 is 26.3.